The number of aryl methyl sites for hydroxylation is 1. The predicted molar refractivity (Wildman–Crippen MR) is 65.7 cm³/mol. The third kappa shape index (κ3) is 2.37. The Morgan fingerprint density at radius 3 is 2.61 bits per heavy atom. The Hall–Kier alpha value is -2.23. The van der Waals surface area contributed by atoms with Gasteiger partial charge in [0.1, 0.15) is 5.82 Å². The van der Waals surface area contributed by atoms with E-state index in [4.69, 9.17) is 0 Å². The number of halogens is 1. The third-order valence-corrected chi connectivity index (χ3v) is 2.58. The van der Waals surface area contributed by atoms with Gasteiger partial charge in [-0.25, -0.2) is 9.18 Å². The topological polar surface area (TPSA) is 39.2 Å². The van der Waals surface area contributed by atoms with Crippen molar-refractivity contribution in [1.29, 1.82) is 0 Å². The highest BCUT2D eigenvalue weighted by Gasteiger charge is 2.12. The molecule has 92 valence electrons. The Kier molecular flexibility index (Phi) is 3.37. The maximum atomic E-state index is 13.8. The first-order chi connectivity index (χ1) is 8.61. The minimum absolute atomic E-state index is 0.0677. The van der Waals surface area contributed by atoms with Gasteiger partial charge in [-0.15, -0.1) is 0 Å². The zero-order chi connectivity index (χ0) is 13.1. The minimum atomic E-state index is -0.679. The second kappa shape index (κ2) is 4.96. The minimum Gasteiger partial charge on any atom is -0.465 e. The Bertz CT molecular complexity index is 596. The molecule has 0 aliphatic heterocycles. The summed E-state index contributed by atoms with van der Waals surface area (Å²) in [5.41, 5.74) is 2.41. The molecule has 0 N–H and O–H groups in total. The van der Waals surface area contributed by atoms with Gasteiger partial charge in [0.05, 0.1) is 12.7 Å². The molecule has 0 amide bonds. The molecule has 0 saturated carbocycles. The van der Waals surface area contributed by atoms with E-state index in [9.17, 15) is 9.18 Å². The van der Waals surface area contributed by atoms with Crippen molar-refractivity contribution in [1.82, 2.24) is 4.98 Å². The second-order valence-electron chi connectivity index (χ2n) is 3.94. The van der Waals surface area contributed by atoms with Crippen LogP contribution in [0, 0.1) is 12.7 Å². The highest BCUT2D eigenvalue weighted by atomic mass is 19.1. The Morgan fingerprint density at radius 2 is 2.00 bits per heavy atom. The van der Waals surface area contributed by atoms with Gasteiger partial charge < -0.3 is 4.74 Å². The lowest BCUT2D eigenvalue weighted by Crippen LogP contribution is -2.04. The van der Waals surface area contributed by atoms with Gasteiger partial charge in [0.2, 0.25) is 0 Å². The number of hydrogen-bond acceptors (Lipinski definition) is 3. The molecule has 0 spiro atoms. The van der Waals surface area contributed by atoms with Gasteiger partial charge in [-0.1, -0.05) is 6.07 Å². The lowest BCUT2D eigenvalue weighted by molar-refractivity contribution is 0.0595. The maximum Gasteiger partial charge on any atom is 0.340 e. The molecule has 4 heteroatoms. The van der Waals surface area contributed by atoms with Crippen LogP contribution in [0.3, 0.4) is 0 Å². The number of methoxy groups -OCH3 is 1. The number of esters is 1. The molecule has 3 nitrogen and oxygen atoms in total. The van der Waals surface area contributed by atoms with Crippen molar-refractivity contribution in [3.8, 4) is 11.1 Å². The molecule has 1 aromatic carbocycles. The van der Waals surface area contributed by atoms with Crippen molar-refractivity contribution in [2.45, 2.75) is 6.92 Å². The first-order valence-electron chi connectivity index (χ1n) is 5.41. The number of benzene rings is 1. The van der Waals surface area contributed by atoms with Crippen LogP contribution in [0.1, 0.15) is 15.9 Å². The van der Waals surface area contributed by atoms with Crippen molar-refractivity contribution in [3.63, 3.8) is 0 Å². The molecule has 0 bridgehead atoms. The van der Waals surface area contributed by atoms with Crippen LogP contribution in [0.2, 0.25) is 0 Å². The highest BCUT2D eigenvalue weighted by molar-refractivity contribution is 5.90. The summed E-state index contributed by atoms with van der Waals surface area (Å²) in [6.45, 7) is 1.91. The Morgan fingerprint density at radius 1 is 1.22 bits per heavy atom. The zero-order valence-corrected chi connectivity index (χ0v) is 10.1. The van der Waals surface area contributed by atoms with Gasteiger partial charge in [0, 0.05) is 18.0 Å². The predicted octanol–water partition coefficient (Wildman–Crippen LogP) is 2.98. The molecule has 0 aliphatic carbocycles. The van der Waals surface area contributed by atoms with Crippen molar-refractivity contribution in [2.75, 3.05) is 7.11 Å². The number of ether oxygens (including phenoxy) is 1. The van der Waals surface area contributed by atoms with Crippen LogP contribution in [0.15, 0.2) is 36.7 Å². The molecule has 0 unspecified atom stereocenters. The fraction of sp³-hybridized carbons (Fsp3) is 0.143. The SMILES string of the molecule is COC(=O)c1ccc(-c2cncc(C)c2)cc1F. The fourth-order valence-electron chi connectivity index (χ4n) is 1.68. The van der Waals surface area contributed by atoms with Crippen LogP contribution < -0.4 is 0 Å². The number of rotatable bonds is 2. The summed E-state index contributed by atoms with van der Waals surface area (Å²) in [5, 5.41) is 0. The molecule has 1 heterocycles. The first-order valence-corrected chi connectivity index (χ1v) is 5.41. The fourth-order valence-corrected chi connectivity index (χ4v) is 1.68. The molecule has 0 radical (unpaired) electrons. The van der Waals surface area contributed by atoms with Crippen LogP contribution in [-0.2, 0) is 4.74 Å². The van der Waals surface area contributed by atoms with Crippen molar-refractivity contribution in [2.24, 2.45) is 0 Å². The molecule has 1 aromatic heterocycles. The van der Waals surface area contributed by atoms with Gasteiger partial charge >= 0.3 is 5.97 Å². The van der Waals surface area contributed by atoms with Gasteiger partial charge in [-0.05, 0) is 36.2 Å². The maximum absolute atomic E-state index is 13.8. The molecule has 0 atom stereocenters. The van der Waals surface area contributed by atoms with E-state index >= 15 is 0 Å². The largest absolute Gasteiger partial charge is 0.465 e. The van der Waals surface area contributed by atoms with Crippen molar-refractivity contribution in [3.05, 3.63) is 53.6 Å². The monoisotopic (exact) mass is 245 g/mol. The number of hydrogen-bond donors (Lipinski definition) is 0. The van der Waals surface area contributed by atoms with E-state index in [0.717, 1.165) is 11.1 Å². The number of carbonyl (C=O) groups is 1. The van der Waals surface area contributed by atoms with Gasteiger partial charge in [0.15, 0.2) is 0 Å². The number of carbonyl (C=O) groups excluding carboxylic acids is 1. The standard InChI is InChI=1S/C14H12FNO2/c1-9-5-11(8-16-7-9)10-3-4-12(13(15)6-10)14(17)18-2/h3-8H,1-2H3. The van der Waals surface area contributed by atoms with Crippen LogP contribution >= 0.6 is 0 Å². The van der Waals surface area contributed by atoms with Gasteiger partial charge in [-0.2, -0.15) is 0 Å². The van der Waals surface area contributed by atoms with E-state index in [-0.39, 0.29) is 5.56 Å². The van der Waals surface area contributed by atoms with Crippen LogP contribution in [0.25, 0.3) is 11.1 Å². The third-order valence-electron chi connectivity index (χ3n) is 2.58. The summed E-state index contributed by atoms with van der Waals surface area (Å²) >= 11 is 0. The quantitative estimate of drug-likeness (QED) is 0.763. The number of pyridine rings is 1. The molecule has 0 aliphatic rings. The summed E-state index contributed by atoms with van der Waals surface area (Å²) in [5.74, 6) is -1.28. The molecule has 2 rings (SSSR count). The molecule has 0 fully saturated rings. The number of aromatic nitrogens is 1. The molecule has 18 heavy (non-hydrogen) atoms. The lowest BCUT2D eigenvalue weighted by atomic mass is 10.0. The zero-order valence-electron chi connectivity index (χ0n) is 10.1. The normalized spacial score (nSPS) is 10.2. The molecule has 2 aromatic rings. The van der Waals surface area contributed by atoms with Crippen molar-refractivity contribution >= 4 is 5.97 Å². The number of nitrogens with zero attached hydrogens (tertiary/aromatic N) is 1. The average Bonchev–Trinajstić information content (AvgIpc) is 2.37. The van der Waals surface area contributed by atoms with Crippen molar-refractivity contribution < 1.29 is 13.9 Å². The first kappa shape index (κ1) is 12.2. The second-order valence-corrected chi connectivity index (χ2v) is 3.94. The van der Waals surface area contributed by atoms with E-state index in [1.54, 1.807) is 18.5 Å². The van der Waals surface area contributed by atoms with Crippen LogP contribution in [-0.4, -0.2) is 18.1 Å². The van der Waals surface area contributed by atoms with E-state index < -0.39 is 11.8 Å². The summed E-state index contributed by atoms with van der Waals surface area (Å²) in [4.78, 5) is 15.3. The summed E-state index contributed by atoms with van der Waals surface area (Å²) in [7, 11) is 1.22. The van der Waals surface area contributed by atoms with Gasteiger partial charge in [-0.3, -0.25) is 4.98 Å². The smallest absolute Gasteiger partial charge is 0.340 e. The summed E-state index contributed by atoms with van der Waals surface area (Å²) in [6.07, 6.45) is 3.38. The van der Waals surface area contributed by atoms with Crippen LogP contribution in [0.4, 0.5) is 4.39 Å². The van der Waals surface area contributed by atoms with E-state index in [1.807, 2.05) is 13.0 Å². The summed E-state index contributed by atoms with van der Waals surface area (Å²) < 4.78 is 18.2. The van der Waals surface area contributed by atoms with Gasteiger partial charge in [0.25, 0.3) is 0 Å². The van der Waals surface area contributed by atoms with E-state index in [0.29, 0.717) is 5.56 Å². The molecular formula is C14H12FNO2. The van der Waals surface area contributed by atoms with Crippen LogP contribution in [0.5, 0.6) is 0 Å². The molecule has 0 saturated heterocycles. The van der Waals surface area contributed by atoms with E-state index in [1.165, 1.54) is 19.2 Å². The average molecular weight is 245 g/mol. The lowest BCUT2D eigenvalue weighted by Gasteiger charge is -2.05. The Balaban J connectivity index is 2.43. The van der Waals surface area contributed by atoms with E-state index in [2.05, 4.69) is 9.72 Å². The summed E-state index contributed by atoms with van der Waals surface area (Å²) in [6, 6.07) is 6.30. The molecular weight excluding hydrogens is 233 g/mol. The highest BCUT2D eigenvalue weighted by Crippen LogP contribution is 2.22. The Labute approximate surface area is 104 Å².